The average molecular weight is 457 g/mol. The van der Waals surface area contributed by atoms with Gasteiger partial charge in [-0.3, -0.25) is 4.79 Å². The van der Waals surface area contributed by atoms with Gasteiger partial charge in [-0.2, -0.15) is 0 Å². The molecule has 0 unspecified atom stereocenters. The van der Waals surface area contributed by atoms with E-state index in [1.807, 2.05) is 42.5 Å². The third-order valence-corrected chi connectivity index (χ3v) is 5.34. The Balaban J connectivity index is 0.00000289. The molecule has 1 amide bonds. The summed E-state index contributed by atoms with van der Waals surface area (Å²) in [7, 11) is 1.62. The molecule has 0 aliphatic rings. The summed E-state index contributed by atoms with van der Waals surface area (Å²) in [6, 6.07) is 13.1. The molecule has 0 saturated carbocycles. The van der Waals surface area contributed by atoms with Gasteiger partial charge in [0.25, 0.3) is 5.91 Å². The maximum atomic E-state index is 11.3. The summed E-state index contributed by atoms with van der Waals surface area (Å²) >= 11 is 0. The summed E-state index contributed by atoms with van der Waals surface area (Å²) < 4.78 is 13.0. The molecule has 9 heteroatoms. The highest BCUT2D eigenvalue weighted by Crippen LogP contribution is 2.29. The van der Waals surface area contributed by atoms with Crippen LogP contribution in [0.3, 0.4) is 0 Å². The van der Waals surface area contributed by atoms with Crippen LogP contribution >= 0.6 is 12.4 Å². The largest absolute Gasteiger partial charge is 0.497 e. The third-order valence-electron chi connectivity index (χ3n) is 5.34. The van der Waals surface area contributed by atoms with E-state index in [-0.39, 0.29) is 24.1 Å². The molecule has 0 saturated heterocycles. The summed E-state index contributed by atoms with van der Waals surface area (Å²) in [4.78, 5) is 20.0. The highest BCUT2D eigenvalue weighted by atomic mass is 35.5. The lowest BCUT2D eigenvalue weighted by molar-refractivity contribution is 0.0994. The van der Waals surface area contributed by atoms with E-state index in [4.69, 9.17) is 14.9 Å². The van der Waals surface area contributed by atoms with Crippen LogP contribution in [0, 0.1) is 0 Å². The Morgan fingerprint density at radius 3 is 2.62 bits per heavy atom. The number of methoxy groups -OCH3 is 1. The van der Waals surface area contributed by atoms with Gasteiger partial charge in [0.2, 0.25) is 5.89 Å². The molecule has 2 aromatic carbocycles. The molecule has 8 nitrogen and oxygen atoms in total. The monoisotopic (exact) mass is 456 g/mol. The number of carbonyl (C=O) groups excluding carboxylic acids is 1. The lowest BCUT2D eigenvalue weighted by atomic mass is 10.0. The van der Waals surface area contributed by atoms with Crippen molar-refractivity contribution in [3.05, 3.63) is 66.2 Å². The highest BCUT2D eigenvalue weighted by Gasteiger charge is 2.20. The maximum absolute atomic E-state index is 11.3. The number of ether oxygens (including phenoxy) is 1. The van der Waals surface area contributed by atoms with Gasteiger partial charge in [0, 0.05) is 11.8 Å². The molecule has 0 radical (unpaired) electrons. The van der Waals surface area contributed by atoms with Crippen LogP contribution in [0.5, 0.6) is 5.75 Å². The van der Waals surface area contributed by atoms with Crippen molar-refractivity contribution in [1.82, 2.24) is 14.5 Å². The summed E-state index contributed by atoms with van der Waals surface area (Å²) in [6.45, 7) is 1.71. The number of hydrogen-bond acceptors (Lipinski definition) is 6. The van der Waals surface area contributed by atoms with Crippen LogP contribution in [-0.2, 0) is 6.42 Å². The smallest absolute Gasteiger partial charge is 0.268 e. The predicted octanol–water partition coefficient (Wildman–Crippen LogP) is 3.78. The van der Waals surface area contributed by atoms with Gasteiger partial charge in [-0.1, -0.05) is 12.1 Å². The number of amides is 1. The number of aromatic nitrogens is 3. The van der Waals surface area contributed by atoms with Gasteiger partial charge in [-0.25, -0.2) is 9.97 Å². The lowest BCUT2D eigenvalue weighted by Crippen LogP contribution is -2.21. The molecule has 3 N–H and O–H groups in total. The Kier molecular flexibility index (Phi) is 7.17. The molecule has 4 aromatic rings. The van der Waals surface area contributed by atoms with Gasteiger partial charge >= 0.3 is 0 Å². The molecule has 0 aliphatic heterocycles. The van der Waals surface area contributed by atoms with Gasteiger partial charge in [0.05, 0.1) is 25.6 Å². The second-order valence-corrected chi connectivity index (χ2v) is 7.43. The number of halogens is 1. The fourth-order valence-corrected chi connectivity index (χ4v) is 3.65. The number of primary amides is 1. The number of oxazole rings is 1. The predicted molar refractivity (Wildman–Crippen MR) is 123 cm³/mol. The number of fused-ring (bicyclic) bond motifs is 1. The van der Waals surface area contributed by atoms with E-state index < -0.39 is 12.0 Å². The summed E-state index contributed by atoms with van der Waals surface area (Å²) in [5.74, 6) is 0.710. The second kappa shape index (κ2) is 9.84. The summed E-state index contributed by atoms with van der Waals surface area (Å²) in [6.07, 6.45) is 3.71. The lowest BCUT2D eigenvalue weighted by Gasteiger charge is -2.21. The number of carbonyl (C=O) groups is 1. The van der Waals surface area contributed by atoms with Crippen LogP contribution in [-0.4, -0.2) is 38.8 Å². The SMILES string of the molecule is COc1ccc(-c2nc3cccc(CC[C@H]([C@H](C)O)n4cnc(C(N)=O)c4)c3o2)cc1.Cl. The average Bonchev–Trinajstić information content (AvgIpc) is 3.42. The van der Waals surface area contributed by atoms with E-state index in [2.05, 4.69) is 9.97 Å². The van der Waals surface area contributed by atoms with Crippen LogP contribution in [0.2, 0.25) is 0 Å². The maximum Gasteiger partial charge on any atom is 0.268 e. The van der Waals surface area contributed by atoms with Gasteiger partial charge in [-0.05, 0) is 55.7 Å². The number of imidazole rings is 1. The molecule has 0 aliphatic carbocycles. The Hall–Kier alpha value is -3.36. The van der Waals surface area contributed by atoms with E-state index in [9.17, 15) is 9.90 Å². The minimum atomic E-state index is -0.640. The van der Waals surface area contributed by atoms with E-state index in [0.717, 1.165) is 28.0 Å². The third kappa shape index (κ3) is 4.76. The first-order chi connectivity index (χ1) is 15.0. The summed E-state index contributed by atoms with van der Waals surface area (Å²) in [5, 5.41) is 10.3. The molecule has 2 heterocycles. The van der Waals surface area contributed by atoms with Crippen LogP contribution in [0.4, 0.5) is 0 Å². The number of para-hydroxylation sites is 1. The number of aliphatic hydroxyl groups is 1. The zero-order valence-corrected chi connectivity index (χ0v) is 18.6. The molecule has 4 rings (SSSR count). The number of rotatable bonds is 8. The van der Waals surface area contributed by atoms with Gasteiger partial charge in [0.15, 0.2) is 5.58 Å². The molecule has 2 aromatic heterocycles. The molecule has 0 fully saturated rings. The number of aryl methyl sites for hydroxylation is 1. The van der Waals surface area contributed by atoms with Gasteiger partial charge < -0.3 is 24.6 Å². The number of aliphatic hydroxyl groups excluding tert-OH is 1. The molecule has 0 bridgehead atoms. The van der Waals surface area contributed by atoms with Crippen molar-refractivity contribution in [2.24, 2.45) is 5.73 Å². The quantitative estimate of drug-likeness (QED) is 0.416. The van der Waals surface area contributed by atoms with Gasteiger partial charge in [-0.15, -0.1) is 12.4 Å². The van der Waals surface area contributed by atoms with E-state index >= 15 is 0 Å². The minimum Gasteiger partial charge on any atom is -0.497 e. The minimum absolute atomic E-state index is 0. The fraction of sp³-hybridized carbons (Fsp3) is 0.261. The van der Waals surface area contributed by atoms with Gasteiger partial charge in [0.1, 0.15) is 17.0 Å². The number of nitrogens with zero attached hydrogens (tertiary/aromatic N) is 3. The first-order valence-corrected chi connectivity index (χ1v) is 10.0. The van der Waals surface area contributed by atoms with Crippen LogP contribution in [0.25, 0.3) is 22.6 Å². The molecular formula is C23H25ClN4O4. The molecule has 32 heavy (non-hydrogen) atoms. The normalized spacial score (nSPS) is 12.8. The van der Waals surface area contributed by atoms with Crippen molar-refractivity contribution in [2.45, 2.75) is 31.9 Å². The Bertz CT molecular complexity index is 1200. The Morgan fingerprint density at radius 2 is 2.00 bits per heavy atom. The first kappa shape index (κ1) is 23.3. The highest BCUT2D eigenvalue weighted by molar-refractivity contribution is 5.90. The molecular weight excluding hydrogens is 432 g/mol. The molecule has 168 valence electrons. The fourth-order valence-electron chi connectivity index (χ4n) is 3.65. The van der Waals surface area contributed by atoms with Crippen molar-refractivity contribution < 1.29 is 19.1 Å². The zero-order chi connectivity index (χ0) is 22.0. The van der Waals surface area contributed by atoms with Crippen molar-refractivity contribution in [1.29, 1.82) is 0 Å². The van der Waals surface area contributed by atoms with Crippen LogP contribution < -0.4 is 10.5 Å². The van der Waals surface area contributed by atoms with E-state index in [0.29, 0.717) is 18.7 Å². The summed E-state index contributed by atoms with van der Waals surface area (Å²) in [5.41, 5.74) is 8.82. The van der Waals surface area contributed by atoms with Crippen molar-refractivity contribution in [2.75, 3.05) is 7.11 Å². The number of hydrogen-bond donors (Lipinski definition) is 2. The molecule has 0 spiro atoms. The van der Waals surface area contributed by atoms with Crippen LogP contribution in [0.1, 0.15) is 35.4 Å². The first-order valence-electron chi connectivity index (χ1n) is 10.0. The number of benzene rings is 2. The number of nitrogens with two attached hydrogens (primary N) is 1. The molecule has 2 atom stereocenters. The van der Waals surface area contributed by atoms with Crippen molar-refractivity contribution in [3.8, 4) is 17.2 Å². The van der Waals surface area contributed by atoms with Crippen molar-refractivity contribution in [3.63, 3.8) is 0 Å². The standard InChI is InChI=1S/C23H24N4O4.ClH/c1-14(28)20(27-12-19(22(24)29)25-13-27)11-8-15-4-3-5-18-21(15)31-23(26-18)16-6-9-17(30-2)10-7-16;/h3-7,9-10,12-14,20,28H,8,11H2,1-2H3,(H2,24,29);1H/t14-,20+;/m0./s1. The zero-order valence-electron chi connectivity index (χ0n) is 17.8. The van der Waals surface area contributed by atoms with Crippen molar-refractivity contribution >= 4 is 29.4 Å². The van der Waals surface area contributed by atoms with E-state index in [1.54, 1.807) is 24.8 Å². The van der Waals surface area contributed by atoms with Crippen LogP contribution in [0.15, 0.2) is 59.4 Å². The topological polar surface area (TPSA) is 116 Å². The van der Waals surface area contributed by atoms with E-state index in [1.165, 1.54) is 6.33 Å². The Morgan fingerprint density at radius 1 is 1.25 bits per heavy atom. The Labute approximate surface area is 191 Å². The second-order valence-electron chi connectivity index (χ2n) is 7.43.